The van der Waals surface area contributed by atoms with Gasteiger partial charge in [-0.05, 0) is 38.1 Å². The molecule has 0 aromatic heterocycles. The number of carboxylic acids is 1. The molecule has 1 amide bonds. The summed E-state index contributed by atoms with van der Waals surface area (Å²) in [6.45, 7) is 0.969. The van der Waals surface area contributed by atoms with Crippen molar-refractivity contribution in [2.24, 2.45) is 11.8 Å². The number of carbonyl (C=O) groups is 2. The molecule has 2 fully saturated rings. The molecular formula is C16H28N2O3. The van der Waals surface area contributed by atoms with Gasteiger partial charge in [0.2, 0.25) is 5.91 Å². The Kier molecular flexibility index (Phi) is 6.03. The minimum absolute atomic E-state index is 0.131. The van der Waals surface area contributed by atoms with E-state index >= 15 is 0 Å². The van der Waals surface area contributed by atoms with Crippen LogP contribution in [0, 0.1) is 11.8 Å². The smallest absolute Gasteiger partial charge is 0.306 e. The van der Waals surface area contributed by atoms with Crippen LogP contribution in [0.1, 0.15) is 51.4 Å². The predicted molar refractivity (Wildman–Crippen MR) is 81.0 cm³/mol. The number of aliphatic carboxylic acids is 1. The lowest BCUT2D eigenvalue weighted by Gasteiger charge is -2.31. The first-order valence-corrected chi connectivity index (χ1v) is 8.28. The zero-order valence-corrected chi connectivity index (χ0v) is 13.0. The quantitative estimate of drug-likeness (QED) is 0.785. The van der Waals surface area contributed by atoms with Gasteiger partial charge in [0.05, 0.1) is 12.5 Å². The lowest BCUT2D eigenvalue weighted by Crippen LogP contribution is -2.43. The molecule has 0 aromatic rings. The van der Waals surface area contributed by atoms with Gasteiger partial charge in [-0.3, -0.25) is 9.59 Å². The number of carboxylic acid groups (broad SMARTS) is 1. The SMILES string of the molecule is CN(C(=O)CNCC1CCCC1C(=O)O)C1CCCCC1. The van der Waals surface area contributed by atoms with E-state index in [-0.39, 0.29) is 17.7 Å². The van der Waals surface area contributed by atoms with Gasteiger partial charge in [-0.25, -0.2) is 0 Å². The van der Waals surface area contributed by atoms with Crippen molar-refractivity contribution < 1.29 is 14.7 Å². The third kappa shape index (κ3) is 4.43. The highest BCUT2D eigenvalue weighted by atomic mass is 16.4. The number of amides is 1. The minimum atomic E-state index is -0.690. The molecule has 2 saturated carbocycles. The van der Waals surface area contributed by atoms with Crippen LogP contribution in [0.3, 0.4) is 0 Å². The van der Waals surface area contributed by atoms with E-state index in [1.807, 2.05) is 11.9 Å². The van der Waals surface area contributed by atoms with Crippen LogP contribution < -0.4 is 5.32 Å². The van der Waals surface area contributed by atoms with E-state index in [0.717, 1.165) is 32.1 Å². The van der Waals surface area contributed by atoms with Gasteiger partial charge in [0.25, 0.3) is 0 Å². The van der Waals surface area contributed by atoms with E-state index in [0.29, 0.717) is 19.1 Å². The van der Waals surface area contributed by atoms with E-state index in [1.165, 1.54) is 19.3 Å². The second-order valence-electron chi connectivity index (χ2n) is 6.56. The molecular weight excluding hydrogens is 268 g/mol. The third-order valence-electron chi connectivity index (χ3n) is 5.17. The van der Waals surface area contributed by atoms with E-state index in [2.05, 4.69) is 5.32 Å². The Hall–Kier alpha value is -1.10. The highest BCUT2D eigenvalue weighted by molar-refractivity contribution is 5.78. The van der Waals surface area contributed by atoms with Crippen LogP contribution in [0.4, 0.5) is 0 Å². The molecule has 5 nitrogen and oxygen atoms in total. The van der Waals surface area contributed by atoms with Crippen molar-refractivity contribution in [2.75, 3.05) is 20.1 Å². The Morgan fingerprint density at radius 3 is 2.48 bits per heavy atom. The second kappa shape index (κ2) is 7.78. The number of rotatable bonds is 6. The predicted octanol–water partition coefficient (Wildman–Crippen LogP) is 1.87. The van der Waals surface area contributed by atoms with Crippen LogP contribution in [0.5, 0.6) is 0 Å². The molecule has 5 heteroatoms. The summed E-state index contributed by atoms with van der Waals surface area (Å²) >= 11 is 0. The molecule has 0 heterocycles. The van der Waals surface area contributed by atoms with Gasteiger partial charge in [-0.2, -0.15) is 0 Å². The summed E-state index contributed by atoms with van der Waals surface area (Å²) in [7, 11) is 1.90. The normalized spacial score (nSPS) is 26.7. The molecule has 21 heavy (non-hydrogen) atoms. The Bertz CT molecular complexity index is 367. The second-order valence-corrected chi connectivity index (χ2v) is 6.56. The molecule has 2 rings (SSSR count). The van der Waals surface area contributed by atoms with E-state index < -0.39 is 5.97 Å². The molecule has 2 aliphatic rings. The third-order valence-corrected chi connectivity index (χ3v) is 5.17. The van der Waals surface area contributed by atoms with Gasteiger partial charge in [0.1, 0.15) is 0 Å². The average molecular weight is 296 g/mol. The lowest BCUT2D eigenvalue weighted by atomic mass is 9.94. The van der Waals surface area contributed by atoms with Crippen LogP contribution in [-0.4, -0.2) is 48.1 Å². The number of hydrogen-bond acceptors (Lipinski definition) is 3. The first-order valence-electron chi connectivity index (χ1n) is 8.28. The van der Waals surface area contributed by atoms with Crippen molar-refractivity contribution in [1.82, 2.24) is 10.2 Å². The topological polar surface area (TPSA) is 69.6 Å². The molecule has 120 valence electrons. The van der Waals surface area contributed by atoms with Gasteiger partial charge in [0.15, 0.2) is 0 Å². The molecule has 0 spiro atoms. The fraction of sp³-hybridized carbons (Fsp3) is 0.875. The first kappa shape index (κ1) is 16.3. The average Bonchev–Trinajstić information content (AvgIpc) is 2.96. The van der Waals surface area contributed by atoms with Crippen molar-refractivity contribution in [3.63, 3.8) is 0 Å². The molecule has 2 N–H and O–H groups in total. The molecule has 0 radical (unpaired) electrons. The van der Waals surface area contributed by atoms with E-state index in [1.54, 1.807) is 0 Å². The fourth-order valence-electron chi connectivity index (χ4n) is 3.77. The molecule has 0 saturated heterocycles. The maximum atomic E-state index is 12.2. The minimum Gasteiger partial charge on any atom is -0.481 e. The summed E-state index contributed by atoms with van der Waals surface area (Å²) in [5.41, 5.74) is 0. The molecule has 0 bridgehead atoms. The van der Waals surface area contributed by atoms with Crippen molar-refractivity contribution in [2.45, 2.75) is 57.4 Å². The van der Waals surface area contributed by atoms with Gasteiger partial charge in [0, 0.05) is 13.1 Å². The maximum Gasteiger partial charge on any atom is 0.306 e. The summed E-state index contributed by atoms with van der Waals surface area (Å²) in [6, 6.07) is 0.395. The van der Waals surface area contributed by atoms with Crippen LogP contribution in [0.15, 0.2) is 0 Å². The van der Waals surface area contributed by atoms with Crippen molar-refractivity contribution >= 4 is 11.9 Å². The molecule has 0 aliphatic heterocycles. The maximum absolute atomic E-state index is 12.2. The Labute approximate surface area is 127 Å². The number of likely N-dealkylation sites (N-methyl/N-ethyl adjacent to an activating group) is 1. The van der Waals surface area contributed by atoms with Gasteiger partial charge < -0.3 is 15.3 Å². The Morgan fingerprint density at radius 1 is 1.10 bits per heavy atom. The van der Waals surface area contributed by atoms with Crippen LogP contribution in [0.25, 0.3) is 0 Å². The largest absolute Gasteiger partial charge is 0.481 e. The highest BCUT2D eigenvalue weighted by Gasteiger charge is 2.32. The zero-order chi connectivity index (χ0) is 15.2. The van der Waals surface area contributed by atoms with Crippen LogP contribution >= 0.6 is 0 Å². The number of nitrogens with zero attached hydrogens (tertiary/aromatic N) is 1. The van der Waals surface area contributed by atoms with Crippen molar-refractivity contribution in [3.8, 4) is 0 Å². The number of carbonyl (C=O) groups excluding carboxylic acids is 1. The van der Waals surface area contributed by atoms with Gasteiger partial charge >= 0.3 is 5.97 Å². The molecule has 2 unspecified atom stereocenters. The lowest BCUT2D eigenvalue weighted by molar-refractivity contribution is -0.142. The van der Waals surface area contributed by atoms with Crippen LogP contribution in [0.2, 0.25) is 0 Å². The van der Waals surface area contributed by atoms with Crippen molar-refractivity contribution in [3.05, 3.63) is 0 Å². The molecule has 2 atom stereocenters. The monoisotopic (exact) mass is 296 g/mol. The Morgan fingerprint density at radius 2 is 1.81 bits per heavy atom. The standard InChI is InChI=1S/C16H28N2O3/c1-18(13-7-3-2-4-8-13)15(19)11-17-10-12-6-5-9-14(12)16(20)21/h12-14,17H,2-11H2,1H3,(H,20,21). The summed E-state index contributed by atoms with van der Waals surface area (Å²) in [5.74, 6) is -0.615. The number of nitrogens with one attached hydrogen (secondary N) is 1. The fourth-order valence-corrected chi connectivity index (χ4v) is 3.77. The summed E-state index contributed by atoms with van der Waals surface area (Å²) in [5, 5.41) is 12.3. The molecule has 2 aliphatic carbocycles. The van der Waals surface area contributed by atoms with Gasteiger partial charge in [-0.15, -0.1) is 0 Å². The first-order chi connectivity index (χ1) is 10.1. The summed E-state index contributed by atoms with van der Waals surface area (Å²) in [4.78, 5) is 25.2. The van der Waals surface area contributed by atoms with Crippen molar-refractivity contribution in [1.29, 1.82) is 0 Å². The van der Waals surface area contributed by atoms with E-state index in [4.69, 9.17) is 5.11 Å². The molecule has 0 aromatic carbocycles. The summed E-state index contributed by atoms with van der Waals surface area (Å²) in [6.07, 6.45) is 8.68. The summed E-state index contributed by atoms with van der Waals surface area (Å²) < 4.78 is 0. The zero-order valence-electron chi connectivity index (χ0n) is 13.0. The number of hydrogen-bond donors (Lipinski definition) is 2. The van der Waals surface area contributed by atoms with Gasteiger partial charge in [-0.1, -0.05) is 25.7 Å². The van der Waals surface area contributed by atoms with E-state index in [9.17, 15) is 9.59 Å². The van der Waals surface area contributed by atoms with Crippen LogP contribution in [-0.2, 0) is 9.59 Å². The highest BCUT2D eigenvalue weighted by Crippen LogP contribution is 2.31. The Balaban J connectivity index is 1.70.